The highest BCUT2D eigenvalue weighted by Gasteiger charge is 2.07. The van der Waals surface area contributed by atoms with E-state index in [1.807, 2.05) is 0 Å². The molecule has 19 heavy (non-hydrogen) atoms. The molecule has 0 aliphatic rings. The molecule has 0 aliphatic carbocycles. The maximum Gasteiger partial charge on any atom is 0.251 e. The van der Waals surface area contributed by atoms with Crippen molar-refractivity contribution in [2.24, 2.45) is 0 Å². The highest BCUT2D eigenvalue weighted by Crippen LogP contribution is 2.07. The van der Waals surface area contributed by atoms with Crippen LogP contribution < -0.4 is 5.32 Å². The third kappa shape index (κ3) is 6.35. The summed E-state index contributed by atoms with van der Waals surface area (Å²) in [5, 5.41) is 2.76. The lowest BCUT2D eigenvalue weighted by molar-refractivity contribution is 0.0948. The van der Waals surface area contributed by atoms with Crippen molar-refractivity contribution in [2.45, 2.75) is 12.2 Å². The molecule has 0 spiro atoms. The summed E-state index contributed by atoms with van der Waals surface area (Å²) in [7, 11) is -1.43. The molecule has 1 N–H and O–H groups in total. The van der Waals surface area contributed by atoms with E-state index in [-0.39, 0.29) is 11.7 Å². The van der Waals surface area contributed by atoms with E-state index in [1.165, 1.54) is 6.26 Å². The monoisotopic (exact) mass is 285 g/mol. The van der Waals surface area contributed by atoms with Gasteiger partial charge in [0, 0.05) is 32.1 Å². The lowest BCUT2D eigenvalue weighted by atomic mass is 10.1. The Morgan fingerprint density at radius 1 is 1.26 bits per heavy atom. The Morgan fingerprint density at radius 3 is 2.42 bits per heavy atom. The number of benzene rings is 1. The number of hydrogen-bond donors (Lipinski definition) is 1. The van der Waals surface area contributed by atoms with E-state index in [0.29, 0.717) is 24.3 Å². The molecule has 0 radical (unpaired) electrons. The second kappa shape index (κ2) is 7.25. The zero-order valence-electron chi connectivity index (χ0n) is 11.2. The first-order valence-electron chi connectivity index (χ1n) is 5.96. The first kappa shape index (κ1) is 15.7. The Hall–Kier alpha value is -1.40. The van der Waals surface area contributed by atoms with E-state index in [9.17, 15) is 13.2 Å². The maximum absolute atomic E-state index is 11.7. The van der Waals surface area contributed by atoms with Crippen molar-refractivity contribution in [3.8, 4) is 0 Å². The van der Waals surface area contributed by atoms with Gasteiger partial charge in [0.05, 0.1) is 5.75 Å². The van der Waals surface area contributed by atoms with Crippen LogP contribution in [0, 0.1) is 0 Å². The molecular formula is C13H19NO4S. The minimum Gasteiger partial charge on any atom is -0.385 e. The van der Waals surface area contributed by atoms with Crippen molar-refractivity contribution in [3.63, 3.8) is 0 Å². The molecule has 0 aliphatic heterocycles. The number of nitrogens with one attached hydrogen (secondary N) is 1. The van der Waals surface area contributed by atoms with E-state index in [2.05, 4.69) is 5.32 Å². The van der Waals surface area contributed by atoms with Gasteiger partial charge in [-0.25, -0.2) is 8.42 Å². The molecule has 0 saturated heterocycles. The van der Waals surface area contributed by atoms with Gasteiger partial charge in [-0.2, -0.15) is 0 Å². The molecule has 5 nitrogen and oxygen atoms in total. The third-order valence-corrected chi connectivity index (χ3v) is 3.31. The van der Waals surface area contributed by atoms with E-state index in [4.69, 9.17) is 4.74 Å². The second-order valence-electron chi connectivity index (χ2n) is 4.37. The van der Waals surface area contributed by atoms with Crippen LogP contribution in [0.1, 0.15) is 22.3 Å². The average molecular weight is 285 g/mol. The number of ether oxygens (including phenoxy) is 1. The molecule has 0 atom stereocenters. The number of hydrogen-bond acceptors (Lipinski definition) is 4. The van der Waals surface area contributed by atoms with Crippen LogP contribution in [-0.2, 0) is 20.3 Å². The summed E-state index contributed by atoms with van der Waals surface area (Å²) in [4.78, 5) is 11.7. The SMILES string of the molecule is COCCCNC(=O)c1ccc(CS(C)(=O)=O)cc1. The van der Waals surface area contributed by atoms with Gasteiger partial charge in [0.1, 0.15) is 0 Å². The van der Waals surface area contributed by atoms with Gasteiger partial charge in [-0.15, -0.1) is 0 Å². The maximum atomic E-state index is 11.7. The molecular weight excluding hydrogens is 266 g/mol. The smallest absolute Gasteiger partial charge is 0.251 e. The van der Waals surface area contributed by atoms with E-state index >= 15 is 0 Å². The van der Waals surface area contributed by atoms with E-state index in [1.54, 1.807) is 31.4 Å². The minimum absolute atomic E-state index is 0.0112. The highest BCUT2D eigenvalue weighted by atomic mass is 32.2. The molecule has 0 bridgehead atoms. The molecule has 0 fully saturated rings. The Morgan fingerprint density at radius 2 is 1.89 bits per heavy atom. The van der Waals surface area contributed by atoms with Gasteiger partial charge in [0.15, 0.2) is 9.84 Å². The molecule has 0 heterocycles. The van der Waals surface area contributed by atoms with Crippen LogP contribution in [-0.4, -0.2) is 40.8 Å². The van der Waals surface area contributed by atoms with Gasteiger partial charge >= 0.3 is 0 Å². The molecule has 1 aromatic rings. The fraction of sp³-hybridized carbons (Fsp3) is 0.462. The second-order valence-corrected chi connectivity index (χ2v) is 6.51. The van der Waals surface area contributed by atoms with Crippen molar-refractivity contribution in [3.05, 3.63) is 35.4 Å². The standard InChI is InChI=1S/C13H19NO4S/c1-18-9-3-8-14-13(15)12-6-4-11(5-7-12)10-19(2,16)17/h4-7H,3,8-10H2,1-2H3,(H,14,15). The quantitative estimate of drug-likeness (QED) is 0.759. The topological polar surface area (TPSA) is 72.5 Å². The van der Waals surface area contributed by atoms with Gasteiger partial charge in [-0.05, 0) is 24.1 Å². The van der Waals surface area contributed by atoms with Crippen LogP contribution in [0.15, 0.2) is 24.3 Å². The van der Waals surface area contributed by atoms with Crippen molar-refractivity contribution >= 4 is 15.7 Å². The highest BCUT2D eigenvalue weighted by molar-refractivity contribution is 7.89. The van der Waals surface area contributed by atoms with Gasteiger partial charge in [0.2, 0.25) is 0 Å². The first-order chi connectivity index (χ1) is 8.92. The van der Waals surface area contributed by atoms with E-state index < -0.39 is 9.84 Å². The zero-order valence-corrected chi connectivity index (χ0v) is 12.0. The zero-order chi connectivity index (χ0) is 14.3. The predicted octanol–water partition coefficient (Wildman–Crippen LogP) is 0.998. The number of carbonyl (C=O) groups excluding carboxylic acids is 1. The van der Waals surface area contributed by atoms with Crippen molar-refractivity contribution in [1.82, 2.24) is 5.32 Å². The van der Waals surface area contributed by atoms with Gasteiger partial charge in [0.25, 0.3) is 5.91 Å². The Labute approximate surface area is 113 Å². The summed E-state index contributed by atoms with van der Waals surface area (Å²) < 4.78 is 27.1. The van der Waals surface area contributed by atoms with Crippen LogP contribution in [0.3, 0.4) is 0 Å². The van der Waals surface area contributed by atoms with Crippen molar-refractivity contribution in [1.29, 1.82) is 0 Å². The average Bonchev–Trinajstić information content (AvgIpc) is 2.33. The number of sulfone groups is 1. The van der Waals surface area contributed by atoms with Crippen LogP contribution in [0.4, 0.5) is 0 Å². The number of carbonyl (C=O) groups is 1. The summed E-state index contributed by atoms with van der Waals surface area (Å²) in [5.41, 5.74) is 1.20. The Kier molecular flexibility index (Phi) is 5.98. The fourth-order valence-corrected chi connectivity index (χ4v) is 2.37. The minimum atomic E-state index is -3.05. The van der Waals surface area contributed by atoms with Crippen LogP contribution in [0.2, 0.25) is 0 Å². The fourth-order valence-electron chi connectivity index (χ4n) is 1.58. The molecule has 1 rings (SSSR count). The van der Waals surface area contributed by atoms with Crippen LogP contribution in [0.5, 0.6) is 0 Å². The number of methoxy groups -OCH3 is 1. The number of rotatable bonds is 7. The Bertz CT molecular complexity index is 508. The summed E-state index contributed by atoms with van der Waals surface area (Å²) in [6.07, 6.45) is 1.94. The normalized spacial score (nSPS) is 11.3. The lowest BCUT2D eigenvalue weighted by Crippen LogP contribution is -2.25. The first-order valence-corrected chi connectivity index (χ1v) is 8.02. The molecule has 1 aromatic carbocycles. The Balaban J connectivity index is 2.53. The summed E-state index contributed by atoms with van der Waals surface area (Å²) in [5.74, 6) is -0.176. The number of amides is 1. The van der Waals surface area contributed by atoms with Crippen molar-refractivity contribution < 1.29 is 17.9 Å². The molecule has 0 aromatic heterocycles. The summed E-state index contributed by atoms with van der Waals surface area (Å²) >= 11 is 0. The van der Waals surface area contributed by atoms with Crippen LogP contribution in [0.25, 0.3) is 0 Å². The summed E-state index contributed by atoms with van der Waals surface area (Å²) in [6.45, 7) is 1.16. The molecule has 0 unspecified atom stereocenters. The molecule has 0 saturated carbocycles. The predicted molar refractivity (Wildman–Crippen MR) is 73.8 cm³/mol. The summed E-state index contributed by atoms with van der Waals surface area (Å²) in [6, 6.07) is 6.58. The molecule has 1 amide bonds. The van der Waals surface area contributed by atoms with Gasteiger partial charge in [-0.3, -0.25) is 4.79 Å². The van der Waals surface area contributed by atoms with Crippen molar-refractivity contribution in [2.75, 3.05) is 26.5 Å². The molecule has 106 valence electrons. The third-order valence-electron chi connectivity index (χ3n) is 2.46. The largest absolute Gasteiger partial charge is 0.385 e. The van der Waals surface area contributed by atoms with Gasteiger partial charge in [-0.1, -0.05) is 12.1 Å². The van der Waals surface area contributed by atoms with E-state index in [0.717, 1.165) is 6.42 Å². The lowest BCUT2D eigenvalue weighted by Gasteiger charge is -2.05. The van der Waals surface area contributed by atoms with Crippen LogP contribution >= 0.6 is 0 Å². The molecule has 6 heteroatoms. The van der Waals surface area contributed by atoms with Gasteiger partial charge < -0.3 is 10.1 Å².